The molecule has 6 N–H and O–H groups in total. The zero-order valence-electron chi connectivity index (χ0n) is 30.9. The van der Waals surface area contributed by atoms with E-state index in [-0.39, 0.29) is 37.2 Å². The lowest BCUT2D eigenvalue weighted by Crippen LogP contribution is -2.57. The highest BCUT2D eigenvalue weighted by atomic mass is 35.5. The summed E-state index contributed by atoms with van der Waals surface area (Å²) in [5.74, 6) is -2.54. The zero-order chi connectivity index (χ0) is 38.5. The van der Waals surface area contributed by atoms with E-state index in [0.29, 0.717) is 10.8 Å². The number of hydrogen-bond acceptors (Lipinski definition) is 8. The van der Waals surface area contributed by atoms with Crippen LogP contribution in [0.5, 0.6) is 5.75 Å². The number of hydrogen-bond donors (Lipinski definition) is 5. The van der Waals surface area contributed by atoms with Crippen LogP contribution in [0.3, 0.4) is 0 Å². The maximum atomic E-state index is 13.8. The number of aliphatic carboxylic acids is 1. The highest BCUT2D eigenvalue weighted by Gasteiger charge is 2.39. The lowest BCUT2D eigenvalue weighted by molar-refractivity contribution is -0.156. The Morgan fingerprint density at radius 2 is 1.61 bits per heavy atom. The lowest BCUT2D eigenvalue weighted by Gasteiger charge is -2.35. The topological polar surface area (TPSA) is 177 Å². The predicted octanol–water partition coefficient (Wildman–Crippen LogP) is 5.45. The summed E-state index contributed by atoms with van der Waals surface area (Å²) in [5, 5.41) is 24.6. The number of nitrogens with one attached hydrogen (secondary N) is 2. The summed E-state index contributed by atoms with van der Waals surface area (Å²) in [4.78, 5) is 51.8. The molecule has 0 aliphatic heterocycles. The number of carboxylic acid groups (broad SMARTS) is 1. The summed E-state index contributed by atoms with van der Waals surface area (Å²) in [5.41, 5.74) is 7.06. The minimum Gasteiger partial charge on any atom is -0.495 e. The van der Waals surface area contributed by atoms with Gasteiger partial charge < -0.3 is 36.1 Å². The molecule has 0 saturated heterocycles. The number of benzene rings is 2. The number of ether oxygens (including phenoxy) is 2. The van der Waals surface area contributed by atoms with E-state index in [4.69, 9.17) is 31.9 Å². The molecule has 0 aliphatic carbocycles. The number of amides is 2. The third-order valence-electron chi connectivity index (χ3n) is 8.68. The van der Waals surface area contributed by atoms with Gasteiger partial charge in [-0.2, -0.15) is 0 Å². The minimum absolute atomic E-state index is 0.0685. The van der Waals surface area contributed by atoms with Crippen LogP contribution in [-0.4, -0.2) is 65.3 Å². The Morgan fingerprint density at radius 3 is 2.16 bits per heavy atom. The number of nitrogens with two attached hydrogens (primary N) is 1. The van der Waals surface area contributed by atoms with E-state index in [1.54, 1.807) is 51.1 Å². The summed E-state index contributed by atoms with van der Waals surface area (Å²) >= 11 is 6.22. The van der Waals surface area contributed by atoms with E-state index in [2.05, 4.69) is 10.6 Å². The standard InChI is InChI=1S/C39H54ClN3O8/c1-24(12-13-26-14-16-27(23-44)17-15-26)32(10-9-11-34(45)46)51-36(48)31(22-38(3,4)5)43-37(49)39(6,7)25(2)42-35(47)30(41)21-28-18-19-33(50-8)29(40)20-28/h9,11-20,24-25,30-32,44H,10,21-23,41H2,1-8H3,(H,42,47)(H,43,49)(H,45,46)/b11-9+,13-12+/t24-,25?,30?,31+,32+/m1/s1. The van der Waals surface area contributed by atoms with Gasteiger partial charge in [-0.05, 0) is 67.9 Å². The van der Waals surface area contributed by atoms with Crippen molar-refractivity contribution in [3.63, 3.8) is 0 Å². The number of carboxylic acids is 1. The van der Waals surface area contributed by atoms with Crippen molar-refractivity contribution in [1.29, 1.82) is 0 Å². The van der Waals surface area contributed by atoms with Crippen molar-refractivity contribution < 1.29 is 38.9 Å². The fourth-order valence-electron chi connectivity index (χ4n) is 5.06. The fraction of sp³-hybridized carbons (Fsp3) is 0.487. The summed E-state index contributed by atoms with van der Waals surface area (Å²) in [6, 6.07) is 9.85. The SMILES string of the molecule is COc1ccc(CC(N)C(=O)NC(C)C(C)(C)C(=O)N[C@@H](CC(C)(C)C)C(=O)O[C@@H](C/C=C/C(=O)O)[C@H](C)/C=C/c2ccc(CO)cc2)cc1Cl. The van der Waals surface area contributed by atoms with Gasteiger partial charge in [-0.3, -0.25) is 9.59 Å². The number of carbonyl (C=O) groups is 4. The molecule has 0 spiro atoms. The van der Waals surface area contributed by atoms with Crippen LogP contribution in [0.25, 0.3) is 6.08 Å². The molecule has 0 radical (unpaired) electrons. The number of rotatable bonds is 18. The fourth-order valence-corrected chi connectivity index (χ4v) is 5.34. The number of carbonyl (C=O) groups excluding carboxylic acids is 3. The number of aliphatic hydroxyl groups is 1. The van der Waals surface area contributed by atoms with Gasteiger partial charge in [0.05, 0.1) is 30.2 Å². The Morgan fingerprint density at radius 1 is 0.980 bits per heavy atom. The van der Waals surface area contributed by atoms with Crippen LogP contribution in [0.15, 0.2) is 60.7 Å². The number of methoxy groups -OCH3 is 1. The van der Waals surface area contributed by atoms with Crippen LogP contribution in [0, 0.1) is 16.7 Å². The van der Waals surface area contributed by atoms with Crippen molar-refractivity contribution >= 4 is 41.4 Å². The van der Waals surface area contributed by atoms with Gasteiger partial charge in [0.1, 0.15) is 17.9 Å². The molecule has 12 heteroatoms. The Hall–Kier alpha value is -4.19. The smallest absolute Gasteiger partial charge is 0.328 e. The normalized spacial score (nSPS) is 15.1. The molecular weight excluding hydrogens is 674 g/mol. The first-order chi connectivity index (χ1) is 23.8. The van der Waals surface area contributed by atoms with E-state index in [0.717, 1.165) is 22.8 Å². The van der Waals surface area contributed by atoms with Crippen molar-refractivity contribution in [3.8, 4) is 5.75 Å². The second-order valence-corrected chi connectivity index (χ2v) is 15.0. The number of halogens is 1. The molecule has 2 amide bonds. The van der Waals surface area contributed by atoms with E-state index in [1.807, 2.05) is 52.0 Å². The highest BCUT2D eigenvalue weighted by molar-refractivity contribution is 6.32. The third kappa shape index (κ3) is 14.2. The molecule has 0 aliphatic rings. The average molecular weight is 728 g/mol. The van der Waals surface area contributed by atoms with Crippen molar-refractivity contribution in [2.75, 3.05) is 7.11 Å². The Kier molecular flexibility index (Phi) is 16.4. The third-order valence-corrected chi connectivity index (χ3v) is 8.97. The van der Waals surface area contributed by atoms with Gasteiger partial charge in [0.15, 0.2) is 0 Å². The van der Waals surface area contributed by atoms with Crippen LogP contribution in [0.1, 0.15) is 78.0 Å². The van der Waals surface area contributed by atoms with Crippen LogP contribution in [0.4, 0.5) is 0 Å². The Balaban J connectivity index is 2.20. The molecular formula is C39H54ClN3O8. The Labute approximate surface area is 306 Å². The molecule has 2 rings (SSSR count). The molecule has 0 aromatic heterocycles. The maximum Gasteiger partial charge on any atom is 0.328 e. The van der Waals surface area contributed by atoms with Crippen molar-refractivity contribution in [2.24, 2.45) is 22.5 Å². The molecule has 0 fully saturated rings. The van der Waals surface area contributed by atoms with E-state index >= 15 is 0 Å². The molecule has 2 unspecified atom stereocenters. The van der Waals surface area contributed by atoms with Gasteiger partial charge >= 0.3 is 11.9 Å². The maximum absolute atomic E-state index is 13.8. The van der Waals surface area contributed by atoms with Gasteiger partial charge in [0.2, 0.25) is 11.8 Å². The molecule has 51 heavy (non-hydrogen) atoms. The first kappa shape index (κ1) is 43.0. The van der Waals surface area contributed by atoms with Gasteiger partial charge in [-0.25, -0.2) is 9.59 Å². The number of esters is 1. The Bertz CT molecular complexity index is 1550. The van der Waals surface area contributed by atoms with Crippen molar-refractivity contribution in [1.82, 2.24) is 10.6 Å². The summed E-state index contributed by atoms with van der Waals surface area (Å²) in [6.07, 6.45) is 5.99. The van der Waals surface area contributed by atoms with Crippen molar-refractivity contribution in [3.05, 3.63) is 82.4 Å². The van der Waals surface area contributed by atoms with Gasteiger partial charge in [0, 0.05) is 24.5 Å². The molecule has 2 aromatic carbocycles. The molecule has 0 heterocycles. The molecule has 11 nitrogen and oxygen atoms in total. The predicted molar refractivity (Wildman–Crippen MR) is 199 cm³/mol. The molecule has 0 saturated carbocycles. The molecule has 2 aromatic rings. The van der Waals surface area contributed by atoms with Crippen molar-refractivity contribution in [2.45, 2.75) is 98.6 Å². The van der Waals surface area contributed by atoms with E-state index in [9.17, 15) is 24.3 Å². The summed E-state index contributed by atoms with van der Waals surface area (Å²) in [6.45, 7) is 12.6. The number of aliphatic hydroxyl groups excluding tert-OH is 1. The summed E-state index contributed by atoms with van der Waals surface area (Å²) in [7, 11) is 1.51. The molecule has 5 atom stereocenters. The second kappa shape index (κ2) is 19.4. The van der Waals surface area contributed by atoms with Crippen LogP contribution >= 0.6 is 11.6 Å². The van der Waals surface area contributed by atoms with E-state index < -0.39 is 53.4 Å². The molecule has 0 bridgehead atoms. The summed E-state index contributed by atoms with van der Waals surface area (Å²) < 4.78 is 11.2. The lowest BCUT2D eigenvalue weighted by atomic mass is 9.82. The zero-order valence-corrected chi connectivity index (χ0v) is 31.6. The minimum atomic E-state index is -1.17. The first-order valence-corrected chi connectivity index (χ1v) is 17.3. The van der Waals surface area contributed by atoms with Gasteiger partial charge in [-0.1, -0.05) is 87.9 Å². The molecule has 280 valence electrons. The van der Waals surface area contributed by atoms with Gasteiger partial charge in [-0.15, -0.1) is 0 Å². The monoisotopic (exact) mass is 727 g/mol. The largest absolute Gasteiger partial charge is 0.495 e. The van der Waals surface area contributed by atoms with Gasteiger partial charge in [0.25, 0.3) is 0 Å². The quantitative estimate of drug-likeness (QED) is 0.0987. The highest BCUT2D eigenvalue weighted by Crippen LogP contribution is 2.28. The van der Waals surface area contributed by atoms with Crippen LogP contribution < -0.4 is 21.1 Å². The van der Waals surface area contributed by atoms with Crippen LogP contribution in [0.2, 0.25) is 5.02 Å². The average Bonchev–Trinajstić information content (AvgIpc) is 3.05. The van der Waals surface area contributed by atoms with Crippen LogP contribution in [-0.2, 0) is 36.9 Å². The van der Waals surface area contributed by atoms with E-state index in [1.165, 1.54) is 13.2 Å². The first-order valence-electron chi connectivity index (χ1n) is 16.9. The second-order valence-electron chi connectivity index (χ2n) is 14.6.